The first-order valence-corrected chi connectivity index (χ1v) is 6.31. The number of hydrogen-bond donors (Lipinski definition) is 0. The molecule has 1 aromatic rings. The molecule has 0 N–H and O–H groups in total. The van der Waals surface area contributed by atoms with Crippen LogP contribution in [0, 0.1) is 6.08 Å². The second-order valence-electron chi connectivity index (χ2n) is 4.18. The number of ether oxygens (including phenoxy) is 1. The molecule has 0 saturated carbocycles. The predicted octanol–water partition coefficient (Wildman–Crippen LogP) is -1.98. The van der Waals surface area contributed by atoms with Gasteiger partial charge >= 0.3 is 21.7 Å². The van der Waals surface area contributed by atoms with Crippen LogP contribution in [-0.4, -0.2) is 6.61 Å². The van der Waals surface area contributed by atoms with Crippen molar-refractivity contribution in [2.24, 2.45) is 0 Å². The molecular formula is C16H19Cl2OTi. The van der Waals surface area contributed by atoms with Gasteiger partial charge in [0, 0.05) is 6.61 Å². The molecule has 107 valence electrons. The van der Waals surface area contributed by atoms with Crippen molar-refractivity contribution < 1.29 is 51.3 Å². The first-order chi connectivity index (χ1) is 8.33. The Balaban J connectivity index is 0. The van der Waals surface area contributed by atoms with E-state index in [9.17, 15) is 0 Å². The first kappa shape index (κ1) is 22.2. The van der Waals surface area contributed by atoms with Crippen molar-refractivity contribution in [3.63, 3.8) is 0 Å². The zero-order chi connectivity index (χ0) is 12.1. The van der Waals surface area contributed by atoms with Crippen LogP contribution < -0.4 is 24.8 Å². The second-order valence-corrected chi connectivity index (χ2v) is 4.18. The van der Waals surface area contributed by atoms with E-state index < -0.39 is 0 Å². The average Bonchev–Trinajstić information content (AvgIpc) is 2.91. The van der Waals surface area contributed by atoms with Crippen molar-refractivity contribution in [1.29, 1.82) is 0 Å². The fourth-order valence-corrected chi connectivity index (χ4v) is 2.45. The molecule has 1 atom stereocenters. The molecule has 1 radical (unpaired) electrons. The van der Waals surface area contributed by atoms with E-state index in [4.69, 9.17) is 4.74 Å². The maximum Gasteiger partial charge on any atom is 3.00 e. The third-order valence-corrected chi connectivity index (χ3v) is 3.26. The maximum atomic E-state index is 6.10. The van der Waals surface area contributed by atoms with Crippen molar-refractivity contribution in [2.45, 2.75) is 32.3 Å². The molecule has 0 amide bonds. The van der Waals surface area contributed by atoms with Gasteiger partial charge in [0.15, 0.2) is 0 Å². The minimum atomic E-state index is -0.316. The molecule has 1 aliphatic rings. The molecule has 0 aromatic heterocycles. The molecular weight excluding hydrogens is 327 g/mol. The van der Waals surface area contributed by atoms with E-state index in [0.717, 1.165) is 12.8 Å². The Kier molecular flexibility index (Phi) is 11.8. The zero-order valence-electron chi connectivity index (χ0n) is 11.8. The molecule has 4 heteroatoms. The summed E-state index contributed by atoms with van der Waals surface area (Å²) in [6, 6.07) is 10.5. The van der Waals surface area contributed by atoms with Crippen molar-refractivity contribution >= 4 is 0 Å². The van der Waals surface area contributed by atoms with Crippen LogP contribution in [0.1, 0.15) is 32.3 Å². The Morgan fingerprint density at radius 2 is 1.80 bits per heavy atom. The van der Waals surface area contributed by atoms with Gasteiger partial charge in [0.2, 0.25) is 0 Å². The molecule has 20 heavy (non-hydrogen) atoms. The van der Waals surface area contributed by atoms with Crippen LogP contribution in [0.5, 0.6) is 0 Å². The molecule has 0 aliphatic heterocycles. The third kappa shape index (κ3) is 4.48. The van der Waals surface area contributed by atoms with Crippen molar-refractivity contribution in [3.05, 3.63) is 59.7 Å². The van der Waals surface area contributed by atoms with Crippen LogP contribution in [0.25, 0.3) is 0 Å². The summed E-state index contributed by atoms with van der Waals surface area (Å²) in [5.74, 6) is 0. The monoisotopic (exact) mass is 345 g/mol. The summed E-state index contributed by atoms with van der Waals surface area (Å²) in [6.07, 6.45) is 9.53. The summed E-state index contributed by atoms with van der Waals surface area (Å²) < 4.78 is 6.10. The molecule has 1 aliphatic carbocycles. The molecule has 1 aromatic carbocycles. The third-order valence-electron chi connectivity index (χ3n) is 3.26. The Morgan fingerprint density at radius 3 is 2.25 bits per heavy atom. The van der Waals surface area contributed by atoms with Gasteiger partial charge in [-0.25, -0.2) is 6.08 Å². The quantitative estimate of drug-likeness (QED) is 0.444. The standard InChI is InChI=1S/C16H19O.2ClH.Ti/c1-3-16(17-4-2,15-12-8-9-13-15)14-10-6-5-7-11-14;;;/h5-8,10-12H,3-4,9H2,1-2H3;2*1H;/q-1;;;+3/p-2. The van der Waals surface area contributed by atoms with E-state index in [1.807, 2.05) is 13.0 Å². The van der Waals surface area contributed by atoms with Crippen molar-refractivity contribution in [1.82, 2.24) is 0 Å². The number of hydrogen-bond acceptors (Lipinski definition) is 1. The molecule has 0 saturated heterocycles. The van der Waals surface area contributed by atoms with E-state index in [0.29, 0.717) is 6.61 Å². The molecule has 1 unspecified atom stereocenters. The molecule has 0 spiro atoms. The Bertz CT molecular complexity index is 431. The maximum absolute atomic E-state index is 6.10. The topological polar surface area (TPSA) is 9.23 Å². The van der Waals surface area contributed by atoms with Crippen LogP contribution in [-0.2, 0) is 32.1 Å². The zero-order valence-corrected chi connectivity index (χ0v) is 14.9. The van der Waals surface area contributed by atoms with E-state index >= 15 is 0 Å². The molecule has 1 nitrogen and oxygen atoms in total. The second kappa shape index (κ2) is 10.6. The molecule has 2 rings (SSSR count). The predicted molar refractivity (Wildman–Crippen MR) is 70.6 cm³/mol. The largest absolute Gasteiger partial charge is 3.00 e. The first-order valence-electron chi connectivity index (χ1n) is 6.31. The van der Waals surface area contributed by atoms with Crippen molar-refractivity contribution in [3.8, 4) is 0 Å². The van der Waals surface area contributed by atoms with Gasteiger partial charge in [-0.05, 0) is 18.9 Å². The van der Waals surface area contributed by atoms with Crippen LogP contribution in [0.15, 0.2) is 48.1 Å². The van der Waals surface area contributed by atoms with Crippen LogP contribution in [0.4, 0.5) is 0 Å². The molecule has 0 bridgehead atoms. The van der Waals surface area contributed by atoms with Gasteiger partial charge in [0.25, 0.3) is 0 Å². The summed E-state index contributed by atoms with van der Waals surface area (Å²) in [6.45, 7) is 4.93. The number of benzene rings is 1. The van der Waals surface area contributed by atoms with Gasteiger partial charge in [-0.3, -0.25) is 6.08 Å². The van der Waals surface area contributed by atoms with Gasteiger partial charge in [-0.1, -0.05) is 37.3 Å². The minimum Gasteiger partial charge on any atom is -1.00 e. The summed E-state index contributed by atoms with van der Waals surface area (Å²) in [5, 5.41) is 0. The van der Waals surface area contributed by atoms with Crippen LogP contribution >= 0.6 is 0 Å². The van der Waals surface area contributed by atoms with Gasteiger partial charge in [-0.2, -0.15) is 11.6 Å². The molecule has 0 fully saturated rings. The van der Waals surface area contributed by atoms with E-state index in [2.05, 4.69) is 49.4 Å². The van der Waals surface area contributed by atoms with Gasteiger partial charge in [-0.15, -0.1) is 6.42 Å². The fourth-order valence-electron chi connectivity index (χ4n) is 2.45. The van der Waals surface area contributed by atoms with E-state index in [1.54, 1.807) is 0 Å². The normalized spacial score (nSPS) is 15.2. The van der Waals surface area contributed by atoms with Crippen LogP contribution in [0.2, 0.25) is 0 Å². The summed E-state index contributed by atoms with van der Waals surface area (Å²) in [7, 11) is 0. The number of allylic oxidation sites excluding steroid dienone is 2. The van der Waals surface area contributed by atoms with E-state index in [1.165, 1.54) is 11.1 Å². The summed E-state index contributed by atoms with van der Waals surface area (Å²) in [5.41, 5.74) is 2.08. The average molecular weight is 346 g/mol. The van der Waals surface area contributed by atoms with Gasteiger partial charge < -0.3 is 29.6 Å². The fraction of sp³-hybridized carbons (Fsp3) is 0.375. The molecule has 0 heterocycles. The summed E-state index contributed by atoms with van der Waals surface area (Å²) in [4.78, 5) is 0. The van der Waals surface area contributed by atoms with Crippen molar-refractivity contribution in [2.75, 3.05) is 6.61 Å². The number of rotatable bonds is 5. The Morgan fingerprint density at radius 1 is 1.15 bits per heavy atom. The number of halogens is 2. The summed E-state index contributed by atoms with van der Waals surface area (Å²) >= 11 is 0. The Hall–Kier alpha value is -0.0457. The smallest absolute Gasteiger partial charge is 1.00 e. The SMILES string of the molecule is CCOC(CC)(C1=[C-]CC=C1)c1ccccc1.[Cl-].[Cl-].[Ti+3]. The Labute approximate surface area is 149 Å². The van der Waals surface area contributed by atoms with Crippen LogP contribution in [0.3, 0.4) is 0 Å². The van der Waals surface area contributed by atoms with Gasteiger partial charge in [0.05, 0.1) is 5.60 Å². The van der Waals surface area contributed by atoms with Gasteiger partial charge in [0.1, 0.15) is 0 Å². The minimum absolute atomic E-state index is 0. The van der Waals surface area contributed by atoms with E-state index in [-0.39, 0.29) is 52.1 Å².